The Hall–Kier alpha value is -3.48. The molecule has 0 aromatic heterocycles. The van der Waals surface area contributed by atoms with Crippen LogP contribution in [0.5, 0.6) is 11.5 Å². The monoisotopic (exact) mass is 415 g/mol. The van der Waals surface area contributed by atoms with Crippen molar-refractivity contribution in [3.05, 3.63) is 89.0 Å². The third kappa shape index (κ3) is 5.11. The van der Waals surface area contributed by atoms with Crippen molar-refractivity contribution in [3.63, 3.8) is 0 Å². The Kier molecular flexibility index (Phi) is 6.30. The fourth-order valence-electron chi connectivity index (χ4n) is 2.86. The van der Waals surface area contributed by atoms with Gasteiger partial charge in [0.2, 0.25) is 0 Å². The van der Waals surface area contributed by atoms with E-state index in [9.17, 15) is 18.0 Å². The molecular weight excluding hydrogens is 395 g/mol. The van der Waals surface area contributed by atoms with Crippen molar-refractivity contribution >= 4 is 11.6 Å². The van der Waals surface area contributed by atoms with Crippen LogP contribution in [0, 0.1) is 6.92 Å². The second-order valence-corrected chi connectivity index (χ2v) is 6.63. The molecule has 0 heterocycles. The standard InChI is InChI=1S/C23H20F3NO3/c1-15-7-10-18(11-8-15)30-14-17-13-16(9-12-21(17)29-2)22(28)27-20-6-4-3-5-19(20)23(24,25)26/h3-13H,14H2,1-2H3,(H,27,28). The van der Waals surface area contributed by atoms with Crippen molar-refractivity contribution in [2.45, 2.75) is 19.7 Å². The van der Waals surface area contributed by atoms with E-state index in [1.54, 1.807) is 12.1 Å². The predicted octanol–water partition coefficient (Wildman–Crippen LogP) is 5.85. The van der Waals surface area contributed by atoms with E-state index < -0.39 is 17.6 Å². The summed E-state index contributed by atoms with van der Waals surface area (Å²) in [6, 6.07) is 16.9. The third-order valence-electron chi connectivity index (χ3n) is 4.44. The van der Waals surface area contributed by atoms with Gasteiger partial charge in [-0.05, 0) is 49.4 Å². The highest BCUT2D eigenvalue weighted by Gasteiger charge is 2.33. The summed E-state index contributed by atoms with van der Waals surface area (Å²) in [5.41, 5.74) is 0.668. The SMILES string of the molecule is COc1ccc(C(=O)Nc2ccccc2C(F)(F)F)cc1COc1ccc(C)cc1. The van der Waals surface area contributed by atoms with Gasteiger partial charge in [-0.3, -0.25) is 4.79 Å². The van der Waals surface area contributed by atoms with Gasteiger partial charge >= 0.3 is 6.18 Å². The number of halogens is 3. The molecule has 1 N–H and O–H groups in total. The Morgan fingerprint density at radius 1 is 1.00 bits per heavy atom. The molecule has 3 aromatic rings. The van der Waals surface area contributed by atoms with Crippen LogP contribution in [-0.4, -0.2) is 13.0 Å². The minimum absolute atomic E-state index is 0.131. The Morgan fingerprint density at radius 2 is 1.70 bits per heavy atom. The van der Waals surface area contributed by atoms with E-state index in [1.807, 2.05) is 31.2 Å². The normalized spacial score (nSPS) is 11.1. The maximum Gasteiger partial charge on any atom is 0.418 e. The number of carbonyl (C=O) groups excluding carboxylic acids is 1. The summed E-state index contributed by atoms with van der Waals surface area (Å²) < 4.78 is 50.6. The topological polar surface area (TPSA) is 47.6 Å². The summed E-state index contributed by atoms with van der Waals surface area (Å²) >= 11 is 0. The largest absolute Gasteiger partial charge is 0.496 e. The summed E-state index contributed by atoms with van der Waals surface area (Å²) in [6.07, 6.45) is -4.57. The lowest BCUT2D eigenvalue weighted by Gasteiger charge is -2.15. The van der Waals surface area contributed by atoms with Crippen molar-refractivity contribution in [2.75, 3.05) is 12.4 Å². The summed E-state index contributed by atoms with van der Waals surface area (Å²) in [6.45, 7) is 2.10. The number of nitrogens with one attached hydrogen (secondary N) is 1. The highest BCUT2D eigenvalue weighted by molar-refractivity contribution is 6.05. The van der Waals surface area contributed by atoms with Gasteiger partial charge in [-0.1, -0.05) is 29.8 Å². The van der Waals surface area contributed by atoms with E-state index in [-0.39, 0.29) is 17.9 Å². The zero-order valence-electron chi connectivity index (χ0n) is 16.4. The van der Waals surface area contributed by atoms with Crippen molar-refractivity contribution < 1.29 is 27.4 Å². The van der Waals surface area contributed by atoms with Gasteiger partial charge in [0.25, 0.3) is 5.91 Å². The summed E-state index contributed by atoms with van der Waals surface area (Å²) in [4.78, 5) is 12.6. The minimum Gasteiger partial charge on any atom is -0.496 e. The number of rotatable bonds is 6. The number of hydrogen-bond acceptors (Lipinski definition) is 3. The average molecular weight is 415 g/mol. The van der Waals surface area contributed by atoms with Gasteiger partial charge in [-0.15, -0.1) is 0 Å². The highest BCUT2D eigenvalue weighted by atomic mass is 19.4. The van der Waals surface area contributed by atoms with Crippen LogP contribution < -0.4 is 14.8 Å². The number of aryl methyl sites for hydroxylation is 1. The summed E-state index contributed by atoms with van der Waals surface area (Å²) in [5, 5.41) is 2.34. The maximum atomic E-state index is 13.2. The van der Waals surface area contributed by atoms with Crippen molar-refractivity contribution in [1.29, 1.82) is 0 Å². The van der Waals surface area contributed by atoms with Gasteiger partial charge in [0, 0.05) is 11.1 Å². The lowest BCUT2D eigenvalue weighted by Crippen LogP contribution is -2.17. The molecule has 0 spiro atoms. The molecule has 0 aliphatic rings. The predicted molar refractivity (Wildman–Crippen MR) is 108 cm³/mol. The quantitative estimate of drug-likeness (QED) is 0.549. The Balaban J connectivity index is 1.80. The molecule has 0 saturated carbocycles. The molecule has 156 valence electrons. The number of amides is 1. The van der Waals surface area contributed by atoms with Crippen LogP contribution in [0.2, 0.25) is 0 Å². The van der Waals surface area contributed by atoms with Crippen molar-refractivity contribution in [3.8, 4) is 11.5 Å². The first-order chi connectivity index (χ1) is 14.3. The first kappa shape index (κ1) is 21.2. The second kappa shape index (κ2) is 8.90. The fraction of sp³-hybridized carbons (Fsp3) is 0.174. The van der Waals surface area contributed by atoms with Gasteiger partial charge < -0.3 is 14.8 Å². The summed E-state index contributed by atoms with van der Waals surface area (Å²) in [7, 11) is 1.49. The number of para-hydroxylation sites is 1. The number of hydrogen-bond donors (Lipinski definition) is 1. The number of methoxy groups -OCH3 is 1. The van der Waals surface area contributed by atoms with E-state index >= 15 is 0 Å². The van der Waals surface area contributed by atoms with E-state index in [0.29, 0.717) is 17.1 Å². The molecule has 3 rings (SSSR count). The van der Waals surface area contributed by atoms with Gasteiger partial charge in [0.05, 0.1) is 18.4 Å². The molecule has 3 aromatic carbocycles. The molecule has 0 unspecified atom stereocenters. The first-order valence-electron chi connectivity index (χ1n) is 9.12. The van der Waals surface area contributed by atoms with Crippen LogP contribution in [0.4, 0.5) is 18.9 Å². The van der Waals surface area contributed by atoms with Gasteiger partial charge in [-0.25, -0.2) is 0 Å². The number of alkyl halides is 3. The molecule has 4 nitrogen and oxygen atoms in total. The zero-order valence-corrected chi connectivity index (χ0v) is 16.4. The first-order valence-corrected chi connectivity index (χ1v) is 9.12. The molecule has 1 amide bonds. The van der Waals surface area contributed by atoms with E-state index in [1.165, 1.54) is 31.4 Å². The molecule has 0 radical (unpaired) electrons. The molecule has 0 aliphatic carbocycles. The van der Waals surface area contributed by atoms with Crippen LogP contribution in [0.1, 0.15) is 27.0 Å². The van der Waals surface area contributed by atoms with Gasteiger partial charge in [-0.2, -0.15) is 13.2 Å². The number of benzene rings is 3. The fourth-order valence-corrected chi connectivity index (χ4v) is 2.86. The van der Waals surface area contributed by atoms with Crippen LogP contribution in [-0.2, 0) is 12.8 Å². The Morgan fingerprint density at radius 3 is 2.37 bits per heavy atom. The maximum absolute atomic E-state index is 13.2. The molecule has 0 aliphatic heterocycles. The minimum atomic E-state index is -4.57. The van der Waals surface area contributed by atoms with E-state index in [0.717, 1.165) is 11.6 Å². The lowest BCUT2D eigenvalue weighted by molar-refractivity contribution is -0.136. The number of anilines is 1. The van der Waals surface area contributed by atoms with Crippen molar-refractivity contribution in [1.82, 2.24) is 0 Å². The number of carbonyl (C=O) groups is 1. The summed E-state index contributed by atoms with van der Waals surface area (Å²) in [5.74, 6) is 0.497. The highest BCUT2D eigenvalue weighted by Crippen LogP contribution is 2.35. The van der Waals surface area contributed by atoms with Crippen LogP contribution in [0.25, 0.3) is 0 Å². The van der Waals surface area contributed by atoms with Crippen LogP contribution in [0.15, 0.2) is 66.7 Å². The third-order valence-corrected chi connectivity index (χ3v) is 4.44. The zero-order chi connectivity index (χ0) is 21.7. The molecule has 0 atom stereocenters. The van der Waals surface area contributed by atoms with Crippen molar-refractivity contribution in [2.24, 2.45) is 0 Å². The van der Waals surface area contributed by atoms with E-state index in [4.69, 9.17) is 9.47 Å². The van der Waals surface area contributed by atoms with Gasteiger partial charge in [0.1, 0.15) is 18.1 Å². The van der Waals surface area contributed by atoms with E-state index in [2.05, 4.69) is 5.32 Å². The number of ether oxygens (including phenoxy) is 2. The van der Waals surface area contributed by atoms with Crippen LogP contribution in [0.3, 0.4) is 0 Å². The molecule has 0 bridgehead atoms. The Bertz CT molecular complexity index is 1030. The molecular formula is C23H20F3NO3. The molecule has 0 saturated heterocycles. The Labute approximate surface area is 172 Å². The van der Waals surface area contributed by atoms with Gasteiger partial charge in [0.15, 0.2) is 0 Å². The second-order valence-electron chi connectivity index (χ2n) is 6.63. The molecule has 30 heavy (non-hydrogen) atoms. The molecule has 7 heteroatoms. The molecule has 0 fully saturated rings. The lowest BCUT2D eigenvalue weighted by atomic mass is 10.1. The average Bonchev–Trinajstić information content (AvgIpc) is 2.72. The smallest absolute Gasteiger partial charge is 0.418 e. The van der Waals surface area contributed by atoms with Crippen LogP contribution >= 0.6 is 0 Å².